The number of fused-ring (bicyclic) bond motifs is 1. The summed E-state index contributed by atoms with van der Waals surface area (Å²) in [7, 11) is -3.79. The Morgan fingerprint density at radius 1 is 1.26 bits per heavy atom. The second-order valence-corrected chi connectivity index (χ2v) is 9.31. The standard InChI is InChI=1S/C15H26N2O5S/c1-15(2)10-16(7-8-22-15)23(20,21)17-12-6-4-3-5-11(12)9-13(17)14(18)19/h11-13H,3-10H2,1-2H3,(H,18,19). The van der Waals surface area contributed by atoms with Crippen LogP contribution >= 0.6 is 0 Å². The van der Waals surface area contributed by atoms with Crippen LogP contribution in [0.25, 0.3) is 0 Å². The van der Waals surface area contributed by atoms with Crippen molar-refractivity contribution in [3.05, 3.63) is 0 Å². The Morgan fingerprint density at radius 2 is 1.96 bits per heavy atom. The molecular weight excluding hydrogens is 320 g/mol. The maximum Gasteiger partial charge on any atom is 0.322 e. The number of carboxylic acids is 1. The third kappa shape index (κ3) is 3.14. The molecule has 3 atom stereocenters. The van der Waals surface area contributed by atoms with Gasteiger partial charge in [-0.25, -0.2) is 0 Å². The third-order valence-electron chi connectivity index (χ3n) is 5.30. The van der Waals surface area contributed by atoms with Gasteiger partial charge in [0.25, 0.3) is 10.2 Å². The molecule has 23 heavy (non-hydrogen) atoms. The Balaban J connectivity index is 1.90. The number of carbonyl (C=O) groups is 1. The van der Waals surface area contributed by atoms with Gasteiger partial charge in [0.1, 0.15) is 6.04 Å². The molecule has 1 saturated carbocycles. The first-order valence-corrected chi connectivity index (χ1v) is 9.77. The first kappa shape index (κ1) is 17.1. The highest BCUT2D eigenvalue weighted by Gasteiger charge is 2.53. The Morgan fingerprint density at radius 3 is 2.61 bits per heavy atom. The first-order chi connectivity index (χ1) is 10.7. The van der Waals surface area contributed by atoms with Gasteiger partial charge in [0.15, 0.2) is 0 Å². The second-order valence-electron chi connectivity index (χ2n) is 7.48. The van der Waals surface area contributed by atoms with E-state index >= 15 is 0 Å². The lowest BCUT2D eigenvalue weighted by molar-refractivity contribution is -0.141. The monoisotopic (exact) mass is 346 g/mol. The summed E-state index contributed by atoms with van der Waals surface area (Å²) in [5.41, 5.74) is -0.546. The maximum absolute atomic E-state index is 13.2. The van der Waals surface area contributed by atoms with Crippen LogP contribution in [-0.4, -0.2) is 65.5 Å². The summed E-state index contributed by atoms with van der Waals surface area (Å²) in [5, 5.41) is 9.55. The van der Waals surface area contributed by atoms with E-state index in [1.807, 2.05) is 13.8 Å². The molecule has 2 saturated heterocycles. The van der Waals surface area contributed by atoms with Crippen LogP contribution in [0.4, 0.5) is 0 Å². The second kappa shape index (κ2) is 5.98. The minimum atomic E-state index is -3.79. The van der Waals surface area contributed by atoms with Gasteiger partial charge in [0, 0.05) is 19.1 Å². The zero-order valence-electron chi connectivity index (χ0n) is 13.8. The number of ether oxygens (including phenoxy) is 1. The van der Waals surface area contributed by atoms with Crippen molar-refractivity contribution in [3.8, 4) is 0 Å². The van der Waals surface area contributed by atoms with E-state index in [-0.39, 0.29) is 25.0 Å². The zero-order chi connectivity index (χ0) is 16.8. The van der Waals surface area contributed by atoms with E-state index in [4.69, 9.17) is 4.74 Å². The number of rotatable bonds is 3. The van der Waals surface area contributed by atoms with Crippen LogP contribution < -0.4 is 0 Å². The van der Waals surface area contributed by atoms with Crippen molar-refractivity contribution in [1.29, 1.82) is 0 Å². The van der Waals surface area contributed by atoms with Crippen molar-refractivity contribution in [3.63, 3.8) is 0 Å². The van der Waals surface area contributed by atoms with Crippen molar-refractivity contribution >= 4 is 16.2 Å². The molecule has 0 aromatic rings. The maximum atomic E-state index is 13.2. The molecule has 1 aliphatic carbocycles. The summed E-state index contributed by atoms with van der Waals surface area (Å²) < 4.78 is 34.7. The van der Waals surface area contributed by atoms with Gasteiger partial charge >= 0.3 is 5.97 Å². The normalized spacial score (nSPS) is 35.8. The molecular formula is C15H26N2O5S. The molecule has 0 spiro atoms. The first-order valence-electron chi connectivity index (χ1n) is 8.38. The predicted molar refractivity (Wildman–Crippen MR) is 84.1 cm³/mol. The summed E-state index contributed by atoms with van der Waals surface area (Å²) >= 11 is 0. The number of hydrogen-bond donors (Lipinski definition) is 1. The van der Waals surface area contributed by atoms with Gasteiger partial charge in [0.2, 0.25) is 0 Å². The molecule has 3 fully saturated rings. The lowest BCUT2D eigenvalue weighted by Crippen LogP contribution is -2.58. The molecule has 0 amide bonds. The van der Waals surface area contributed by atoms with E-state index in [0.717, 1.165) is 25.7 Å². The Bertz CT molecular complexity index is 576. The van der Waals surface area contributed by atoms with E-state index in [9.17, 15) is 18.3 Å². The van der Waals surface area contributed by atoms with Gasteiger partial charge in [0.05, 0.1) is 12.2 Å². The zero-order valence-corrected chi connectivity index (χ0v) is 14.6. The predicted octanol–water partition coefficient (Wildman–Crippen LogP) is 1.06. The quantitative estimate of drug-likeness (QED) is 0.826. The fourth-order valence-electron chi connectivity index (χ4n) is 4.26. The highest BCUT2D eigenvalue weighted by molar-refractivity contribution is 7.86. The topological polar surface area (TPSA) is 87.2 Å². The lowest BCUT2D eigenvalue weighted by Gasteiger charge is -2.41. The molecule has 8 heteroatoms. The molecule has 3 unspecified atom stereocenters. The van der Waals surface area contributed by atoms with E-state index in [0.29, 0.717) is 13.0 Å². The molecule has 0 bridgehead atoms. The fraction of sp³-hybridized carbons (Fsp3) is 0.933. The van der Waals surface area contributed by atoms with Crippen LogP contribution in [-0.2, 0) is 19.7 Å². The van der Waals surface area contributed by atoms with Crippen LogP contribution in [0.15, 0.2) is 0 Å². The number of hydrogen-bond acceptors (Lipinski definition) is 4. The number of morpholine rings is 1. The largest absolute Gasteiger partial charge is 0.480 e. The summed E-state index contributed by atoms with van der Waals surface area (Å²) in [6.45, 7) is 4.60. The average molecular weight is 346 g/mol. The van der Waals surface area contributed by atoms with Crippen LogP contribution in [0.1, 0.15) is 46.0 Å². The third-order valence-corrected chi connectivity index (χ3v) is 7.32. The van der Waals surface area contributed by atoms with Gasteiger partial charge in [-0.1, -0.05) is 12.8 Å². The smallest absolute Gasteiger partial charge is 0.322 e. The molecule has 7 nitrogen and oxygen atoms in total. The van der Waals surface area contributed by atoms with Crippen LogP contribution in [0.2, 0.25) is 0 Å². The number of aliphatic carboxylic acids is 1. The summed E-state index contributed by atoms with van der Waals surface area (Å²) in [4.78, 5) is 11.7. The van der Waals surface area contributed by atoms with Gasteiger partial charge in [-0.05, 0) is 39.0 Å². The van der Waals surface area contributed by atoms with Gasteiger partial charge in [-0.2, -0.15) is 17.0 Å². The van der Waals surface area contributed by atoms with E-state index in [1.54, 1.807) is 0 Å². The summed E-state index contributed by atoms with van der Waals surface area (Å²) in [6.07, 6.45) is 4.16. The molecule has 3 rings (SSSR count). The average Bonchev–Trinajstić information content (AvgIpc) is 2.86. The van der Waals surface area contributed by atoms with Crippen molar-refractivity contribution in [1.82, 2.24) is 8.61 Å². The summed E-state index contributed by atoms with van der Waals surface area (Å²) in [5.74, 6) is -0.857. The van der Waals surface area contributed by atoms with Crippen molar-refractivity contribution in [2.45, 2.75) is 63.6 Å². The van der Waals surface area contributed by atoms with Gasteiger partial charge in [-0.3, -0.25) is 4.79 Å². The molecule has 0 radical (unpaired) electrons. The molecule has 2 aliphatic heterocycles. The minimum Gasteiger partial charge on any atom is -0.480 e. The molecule has 0 aromatic carbocycles. The Labute approximate surface area is 137 Å². The highest BCUT2D eigenvalue weighted by Crippen LogP contribution is 2.42. The van der Waals surface area contributed by atoms with Crippen molar-refractivity contribution < 1.29 is 23.1 Å². The fourth-order valence-corrected chi connectivity index (χ4v) is 6.43. The van der Waals surface area contributed by atoms with Crippen molar-refractivity contribution in [2.75, 3.05) is 19.7 Å². The SMILES string of the molecule is CC1(C)CN(S(=O)(=O)N2C(C(=O)O)CC3CCCCC32)CCO1. The van der Waals surface area contributed by atoms with Gasteiger partial charge in [-0.15, -0.1) is 0 Å². The van der Waals surface area contributed by atoms with Crippen molar-refractivity contribution in [2.24, 2.45) is 5.92 Å². The Hall–Kier alpha value is -0.700. The number of nitrogens with zero attached hydrogens (tertiary/aromatic N) is 2. The van der Waals surface area contributed by atoms with Crippen LogP contribution in [0, 0.1) is 5.92 Å². The van der Waals surface area contributed by atoms with E-state index < -0.39 is 27.8 Å². The van der Waals surface area contributed by atoms with Crippen LogP contribution in [0.5, 0.6) is 0 Å². The molecule has 2 heterocycles. The van der Waals surface area contributed by atoms with E-state index in [2.05, 4.69) is 0 Å². The minimum absolute atomic E-state index is 0.166. The van der Waals surface area contributed by atoms with Gasteiger partial charge < -0.3 is 9.84 Å². The Kier molecular flexibility index (Phi) is 4.46. The molecule has 1 N–H and O–H groups in total. The number of carboxylic acid groups (broad SMARTS) is 1. The van der Waals surface area contributed by atoms with Crippen LogP contribution in [0.3, 0.4) is 0 Å². The van der Waals surface area contributed by atoms with E-state index in [1.165, 1.54) is 8.61 Å². The lowest BCUT2D eigenvalue weighted by atomic mass is 9.85. The molecule has 132 valence electrons. The molecule has 0 aromatic heterocycles. The highest BCUT2D eigenvalue weighted by atomic mass is 32.2. The molecule has 3 aliphatic rings. The summed E-state index contributed by atoms with van der Waals surface area (Å²) in [6, 6.07) is -1.10.